The number of anilines is 1. The molecule has 12 heavy (non-hydrogen) atoms. The van der Waals surface area contributed by atoms with Crippen molar-refractivity contribution in [2.45, 2.75) is 26.0 Å². The van der Waals surface area contributed by atoms with Crippen molar-refractivity contribution in [1.82, 2.24) is 9.97 Å². The van der Waals surface area contributed by atoms with E-state index in [1.807, 2.05) is 6.92 Å². The minimum atomic E-state index is -0.396. The predicted molar refractivity (Wildman–Crippen MR) is 46.8 cm³/mol. The topological polar surface area (TPSA) is 58.0 Å². The number of rotatable bonds is 3. The molecular weight excluding hydrogens is 154 g/mol. The van der Waals surface area contributed by atoms with E-state index in [9.17, 15) is 5.11 Å². The van der Waals surface area contributed by atoms with Gasteiger partial charge in [-0.1, -0.05) is 0 Å². The third kappa shape index (κ3) is 2.47. The lowest BCUT2D eigenvalue weighted by atomic mass is 10.2. The molecule has 0 amide bonds. The zero-order chi connectivity index (χ0) is 8.97. The van der Waals surface area contributed by atoms with Gasteiger partial charge in [0, 0.05) is 12.4 Å². The van der Waals surface area contributed by atoms with E-state index >= 15 is 0 Å². The summed E-state index contributed by atoms with van der Waals surface area (Å²) >= 11 is 0. The maximum Gasteiger partial charge on any atom is 0.144 e. The van der Waals surface area contributed by atoms with Gasteiger partial charge in [-0.15, -0.1) is 0 Å². The highest BCUT2D eigenvalue weighted by atomic mass is 16.3. The highest BCUT2D eigenvalue weighted by Gasteiger charge is 2.07. The number of nitrogens with one attached hydrogen (secondary N) is 1. The molecule has 4 nitrogen and oxygen atoms in total. The summed E-state index contributed by atoms with van der Waals surface area (Å²) in [5.41, 5.74) is 0. The van der Waals surface area contributed by atoms with E-state index in [-0.39, 0.29) is 6.04 Å². The summed E-state index contributed by atoms with van der Waals surface area (Å²) in [7, 11) is 0. The first-order valence-corrected chi connectivity index (χ1v) is 3.91. The van der Waals surface area contributed by atoms with Crippen LogP contribution in [-0.2, 0) is 0 Å². The third-order valence-corrected chi connectivity index (χ3v) is 1.66. The van der Waals surface area contributed by atoms with E-state index in [4.69, 9.17) is 0 Å². The fourth-order valence-corrected chi connectivity index (χ4v) is 0.727. The lowest BCUT2D eigenvalue weighted by Crippen LogP contribution is -2.28. The van der Waals surface area contributed by atoms with Gasteiger partial charge in [0.2, 0.25) is 0 Å². The van der Waals surface area contributed by atoms with Gasteiger partial charge in [0.1, 0.15) is 5.82 Å². The molecule has 4 heteroatoms. The zero-order valence-corrected chi connectivity index (χ0v) is 7.23. The summed E-state index contributed by atoms with van der Waals surface area (Å²) in [6.45, 7) is 3.62. The number of aliphatic hydroxyl groups excluding tert-OH is 1. The van der Waals surface area contributed by atoms with E-state index in [1.165, 1.54) is 0 Å². The van der Waals surface area contributed by atoms with Crippen LogP contribution in [0.15, 0.2) is 18.6 Å². The molecule has 1 rings (SSSR count). The molecule has 66 valence electrons. The second kappa shape index (κ2) is 4.01. The molecule has 1 heterocycles. The molecule has 0 saturated carbocycles. The van der Waals surface area contributed by atoms with Crippen molar-refractivity contribution in [3.63, 3.8) is 0 Å². The molecule has 0 radical (unpaired) electrons. The Morgan fingerprint density at radius 1 is 1.42 bits per heavy atom. The molecule has 2 unspecified atom stereocenters. The Bertz CT molecular complexity index is 225. The van der Waals surface area contributed by atoms with Crippen molar-refractivity contribution >= 4 is 5.82 Å². The van der Waals surface area contributed by atoms with Gasteiger partial charge in [-0.05, 0) is 13.8 Å². The number of hydrogen-bond donors (Lipinski definition) is 2. The van der Waals surface area contributed by atoms with Gasteiger partial charge in [0.15, 0.2) is 0 Å². The molecule has 0 fully saturated rings. The first-order valence-electron chi connectivity index (χ1n) is 3.91. The minimum Gasteiger partial charge on any atom is -0.391 e. The van der Waals surface area contributed by atoms with Crippen molar-refractivity contribution < 1.29 is 5.11 Å². The fourth-order valence-electron chi connectivity index (χ4n) is 0.727. The van der Waals surface area contributed by atoms with Gasteiger partial charge < -0.3 is 10.4 Å². The van der Waals surface area contributed by atoms with Crippen LogP contribution in [-0.4, -0.2) is 27.2 Å². The molecule has 0 aliphatic heterocycles. The fraction of sp³-hybridized carbons (Fsp3) is 0.500. The van der Waals surface area contributed by atoms with Crippen LogP contribution in [0.2, 0.25) is 0 Å². The highest BCUT2D eigenvalue weighted by molar-refractivity contribution is 5.31. The Labute approximate surface area is 71.7 Å². The van der Waals surface area contributed by atoms with Crippen molar-refractivity contribution in [1.29, 1.82) is 0 Å². The highest BCUT2D eigenvalue weighted by Crippen LogP contribution is 2.02. The van der Waals surface area contributed by atoms with Crippen molar-refractivity contribution in [3.05, 3.63) is 18.6 Å². The van der Waals surface area contributed by atoms with Crippen LogP contribution in [0.25, 0.3) is 0 Å². The zero-order valence-electron chi connectivity index (χ0n) is 7.23. The average molecular weight is 167 g/mol. The summed E-state index contributed by atoms with van der Waals surface area (Å²) in [5.74, 6) is 0.686. The summed E-state index contributed by atoms with van der Waals surface area (Å²) in [6.07, 6.45) is 4.45. The van der Waals surface area contributed by atoms with E-state index in [1.54, 1.807) is 25.5 Å². The van der Waals surface area contributed by atoms with Crippen molar-refractivity contribution in [3.8, 4) is 0 Å². The van der Waals surface area contributed by atoms with E-state index < -0.39 is 6.10 Å². The van der Waals surface area contributed by atoms with Crippen LogP contribution in [0.3, 0.4) is 0 Å². The summed E-state index contributed by atoms with van der Waals surface area (Å²) < 4.78 is 0. The lowest BCUT2D eigenvalue weighted by molar-refractivity contribution is 0.177. The van der Waals surface area contributed by atoms with Crippen LogP contribution in [0.5, 0.6) is 0 Å². The molecule has 1 aromatic heterocycles. The monoisotopic (exact) mass is 167 g/mol. The SMILES string of the molecule is CC(O)C(C)Nc1cnccn1. The maximum absolute atomic E-state index is 9.17. The molecule has 0 aliphatic rings. The number of aromatic nitrogens is 2. The molecule has 1 aromatic rings. The Balaban J connectivity index is 2.53. The lowest BCUT2D eigenvalue weighted by Gasteiger charge is -2.16. The largest absolute Gasteiger partial charge is 0.391 e. The number of hydrogen-bond acceptors (Lipinski definition) is 4. The minimum absolute atomic E-state index is 0.0123. The van der Waals surface area contributed by atoms with Crippen LogP contribution >= 0.6 is 0 Å². The van der Waals surface area contributed by atoms with Gasteiger partial charge in [0.25, 0.3) is 0 Å². The van der Waals surface area contributed by atoms with E-state index in [0.29, 0.717) is 5.82 Å². The molecule has 0 aromatic carbocycles. The third-order valence-electron chi connectivity index (χ3n) is 1.66. The summed E-state index contributed by atoms with van der Waals surface area (Å²) in [6, 6.07) is -0.0123. The maximum atomic E-state index is 9.17. The molecule has 2 atom stereocenters. The molecule has 0 aliphatic carbocycles. The van der Waals surface area contributed by atoms with Gasteiger partial charge in [0.05, 0.1) is 18.3 Å². The standard InChI is InChI=1S/C8H13N3O/c1-6(7(2)12)11-8-5-9-3-4-10-8/h3-7,12H,1-2H3,(H,10,11). The Morgan fingerprint density at radius 3 is 2.67 bits per heavy atom. The van der Waals surface area contributed by atoms with Gasteiger partial charge in [-0.3, -0.25) is 4.98 Å². The quantitative estimate of drug-likeness (QED) is 0.694. The molecule has 0 saturated heterocycles. The average Bonchev–Trinajstić information content (AvgIpc) is 2.06. The van der Waals surface area contributed by atoms with Crippen LogP contribution in [0.4, 0.5) is 5.82 Å². The molecule has 0 bridgehead atoms. The number of aliphatic hydroxyl groups is 1. The Kier molecular flexibility index (Phi) is 2.99. The summed E-state index contributed by atoms with van der Waals surface area (Å²) in [4.78, 5) is 7.91. The first kappa shape index (κ1) is 8.93. The summed E-state index contributed by atoms with van der Waals surface area (Å²) in [5, 5.41) is 12.2. The van der Waals surface area contributed by atoms with Gasteiger partial charge in [-0.25, -0.2) is 4.98 Å². The van der Waals surface area contributed by atoms with Crippen molar-refractivity contribution in [2.75, 3.05) is 5.32 Å². The van der Waals surface area contributed by atoms with E-state index in [2.05, 4.69) is 15.3 Å². The molecule has 2 N–H and O–H groups in total. The van der Waals surface area contributed by atoms with Crippen LogP contribution < -0.4 is 5.32 Å². The van der Waals surface area contributed by atoms with Crippen LogP contribution in [0.1, 0.15) is 13.8 Å². The molecule has 0 spiro atoms. The Hall–Kier alpha value is -1.16. The second-order valence-corrected chi connectivity index (χ2v) is 2.76. The van der Waals surface area contributed by atoms with Crippen LogP contribution in [0, 0.1) is 0 Å². The Morgan fingerprint density at radius 2 is 2.17 bits per heavy atom. The first-order chi connectivity index (χ1) is 5.70. The number of nitrogens with zero attached hydrogens (tertiary/aromatic N) is 2. The second-order valence-electron chi connectivity index (χ2n) is 2.76. The molecular formula is C8H13N3O. The van der Waals surface area contributed by atoms with Gasteiger partial charge >= 0.3 is 0 Å². The van der Waals surface area contributed by atoms with Gasteiger partial charge in [-0.2, -0.15) is 0 Å². The van der Waals surface area contributed by atoms with E-state index in [0.717, 1.165) is 0 Å². The smallest absolute Gasteiger partial charge is 0.144 e. The van der Waals surface area contributed by atoms with Crippen molar-refractivity contribution in [2.24, 2.45) is 0 Å². The normalized spacial score (nSPS) is 15.2. The predicted octanol–water partition coefficient (Wildman–Crippen LogP) is 0.658.